The number of carbonyl (C=O) groups excluding carboxylic acids is 5. The molecule has 136 heavy (non-hydrogen) atoms. The van der Waals surface area contributed by atoms with E-state index in [0.717, 1.165) is 134 Å². The number of halogens is 5. The van der Waals surface area contributed by atoms with Crippen molar-refractivity contribution in [2.24, 2.45) is 155 Å². The second-order valence-electron chi connectivity index (χ2n) is 49.8. The van der Waals surface area contributed by atoms with E-state index in [-0.39, 0.29) is 81.8 Å². The Morgan fingerprint density at radius 2 is 0.757 bits per heavy atom. The molecule has 19 aliphatic rings. The number of hydrogen-bond acceptors (Lipinski definition) is 14. The van der Waals surface area contributed by atoms with Crippen molar-refractivity contribution in [1.29, 1.82) is 0 Å². The Kier molecular flexibility index (Phi) is 41.4. The molecule has 0 bridgehead atoms. The molecule has 0 radical (unpaired) electrons. The topological polar surface area (TPSA) is 238 Å². The van der Waals surface area contributed by atoms with Crippen LogP contribution < -0.4 is 0 Å². The maximum Gasteiger partial charge on any atom is 0.293 e. The van der Waals surface area contributed by atoms with Gasteiger partial charge in [0.05, 0.1) is 36.6 Å². The highest BCUT2D eigenvalue weighted by molar-refractivity contribution is 9.11. The third-order valence-corrected chi connectivity index (χ3v) is 46.6. The fourth-order valence-electron chi connectivity index (χ4n) is 36.2. The van der Waals surface area contributed by atoms with Crippen molar-refractivity contribution < 1.29 is 68.8 Å². The second-order valence-corrected chi connectivity index (χ2v) is 52.1. The van der Waals surface area contributed by atoms with E-state index < -0.39 is 0 Å². The summed E-state index contributed by atoms with van der Waals surface area (Å²) in [4.78, 5) is 66.1. The molecule has 9 unspecified atom stereocenters. The van der Waals surface area contributed by atoms with Crippen LogP contribution in [0.25, 0.3) is 0 Å². The van der Waals surface area contributed by atoms with Gasteiger partial charge in [-0.05, 0) is 457 Å². The molecule has 19 rings (SSSR count). The fraction of sp³-hybridized carbons (Fsp3) is 0.855. The number of allylic oxidation sites excluding steroid dienone is 7. The van der Waals surface area contributed by atoms with Crippen LogP contribution in [0.1, 0.15) is 414 Å². The van der Waals surface area contributed by atoms with Gasteiger partial charge < -0.3 is 49.6 Å². The van der Waals surface area contributed by atoms with Crippen molar-refractivity contribution in [3.8, 4) is 0 Å². The van der Waals surface area contributed by atoms with E-state index in [1.54, 1.807) is 34.8 Å². The number of aliphatic hydroxyl groups is 6. The van der Waals surface area contributed by atoms with Crippen molar-refractivity contribution in [2.45, 2.75) is 468 Å². The van der Waals surface area contributed by atoms with Gasteiger partial charge in [0.15, 0.2) is 0 Å². The zero-order valence-corrected chi connectivity index (χ0v) is 95.5. The van der Waals surface area contributed by atoms with Crippen LogP contribution in [0.15, 0.2) is 64.4 Å². The highest BCUT2D eigenvalue weighted by Crippen LogP contribution is 2.70. The smallest absolute Gasteiger partial charge is 0.293 e. The van der Waals surface area contributed by atoms with E-state index in [1.807, 2.05) is 34.6 Å². The summed E-state index contributed by atoms with van der Waals surface area (Å²) in [5.74, 6) is 9.80. The summed E-state index contributed by atoms with van der Waals surface area (Å²) >= 11 is 17.6. The van der Waals surface area contributed by atoms with Crippen LogP contribution >= 0.6 is 79.6 Å². The first-order chi connectivity index (χ1) is 64.5. The van der Waals surface area contributed by atoms with E-state index in [1.165, 1.54) is 179 Å². The Hall–Kier alpha value is -1.49. The van der Waals surface area contributed by atoms with Gasteiger partial charge in [0, 0.05) is 48.0 Å². The second kappa shape index (κ2) is 49.1. The maximum absolute atomic E-state index is 11.9. The molecule has 36 atom stereocenters. The average Bonchev–Trinajstić information content (AvgIpc) is 1.52. The Labute approximate surface area is 866 Å². The molecular formula is C117H187Br5O14. The zero-order valence-electron chi connectivity index (χ0n) is 87.6. The Bertz CT molecular complexity index is 4080. The largest absolute Gasteiger partial charge is 0.465 e. The number of ether oxygens (including phenoxy) is 3. The molecule has 774 valence electrons. The van der Waals surface area contributed by atoms with Crippen LogP contribution in [0.2, 0.25) is 0 Å². The third kappa shape index (κ3) is 23.3. The number of carbonyl (C=O) groups is 5. The van der Waals surface area contributed by atoms with Gasteiger partial charge in [-0.2, -0.15) is 0 Å². The van der Waals surface area contributed by atoms with Gasteiger partial charge in [0.25, 0.3) is 12.9 Å². The minimum absolute atomic E-state index is 0.0159. The summed E-state index contributed by atoms with van der Waals surface area (Å²) in [5.41, 5.74) is 12.5. The molecular weight excluding hydrogens is 2030 g/mol. The number of aliphatic hydroxyl groups excluding tert-OH is 6. The van der Waals surface area contributed by atoms with Crippen molar-refractivity contribution in [1.82, 2.24) is 0 Å². The van der Waals surface area contributed by atoms with Gasteiger partial charge in [-0.25, -0.2) is 0 Å². The predicted molar refractivity (Wildman–Crippen MR) is 570 cm³/mol. The van der Waals surface area contributed by atoms with Gasteiger partial charge in [0.2, 0.25) is 0 Å². The summed E-state index contributed by atoms with van der Waals surface area (Å²) < 4.78 is 16.2. The van der Waals surface area contributed by atoms with Crippen LogP contribution in [0.4, 0.5) is 0 Å². The van der Waals surface area contributed by atoms with Gasteiger partial charge >= 0.3 is 0 Å². The minimum atomic E-state index is -0.146. The number of aldehydes is 1. The molecule has 0 aromatic heterocycles. The fourth-order valence-corrected chi connectivity index (χ4v) is 38.9. The summed E-state index contributed by atoms with van der Waals surface area (Å²) in [6, 6.07) is 0. The van der Waals surface area contributed by atoms with Gasteiger partial charge in [-0.1, -0.05) is 215 Å². The molecule has 18 saturated carbocycles. The highest BCUT2D eigenvalue weighted by atomic mass is 79.9. The third-order valence-electron chi connectivity index (χ3n) is 43.6. The molecule has 1 heterocycles. The molecule has 14 nitrogen and oxygen atoms in total. The first-order valence-corrected chi connectivity index (χ1v) is 59.6. The molecule has 0 aromatic carbocycles. The predicted octanol–water partition coefficient (Wildman–Crippen LogP) is 29.7. The summed E-state index contributed by atoms with van der Waals surface area (Å²) in [5, 5.41) is 59.2. The molecule has 6 N–H and O–H groups in total. The van der Waals surface area contributed by atoms with Gasteiger partial charge in [-0.3, -0.25) is 19.2 Å². The standard InChI is InChI=1S/C13H19BrO.2C13H21BrO.C13H19BrO.C13H19Br.C13H22O3.C13H20O3.C13H24O2.C13H22O2/c1-9-13(15-9)7-5-11-10(8-14)4-3-6-12(11,13)2;3*1-9(15)11-5-6-12-10(8-14)4-3-7-13(11,12)2;1-3-11-6-7-12-10(9-14)5-4-8-13(11,12)2;2*1-9(16-8-14)10-5-6-11-12(15)4-3-7-13(10,11)2;2*1-9(8-14)10-5-6-11-12(15)4-3-7-13(10,11)2/h8-9,11H,3-7H2,1-2H3;2*8-9,11-12,15H,3-7H2,1-2H3;8,11-12H,3-7H2,1-2H3;3,9,12H,4-8H2,1-2H3;8-12,15H,3-7H2,1-2H3;8-11H,3-7H2,1-2H3;9-12,14-15H,3-8H2,1-2H3;8-12,15H,3-7H2,1-2H3/b4*10-8+;10-9+,11-3-;;;;/t9-,11?,12-,13-;9-,11+,12?,13+;9-,11-,12?,13-;11-,12?,13-;12?,13-;9-,10+,11?,12-,13+;9-,10+,11?,13+;2*9-,10-,11?,12+,13-/m001110011/s1. The number of rotatable bonds is 13. The summed E-state index contributed by atoms with van der Waals surface area (Å²) in [6.07, 6.45) is 56.6. The minimum Gasteiger partial charge on any atom is -0.465 e. The molecule has 18 aliphatic carbocycles. The lowest BCUT2D eigenvalue weighted by Crippen LogP contribution is -2.43. The van der Waals surface area contributed by atoms with E-state index >= 15 is 0 Å². The number of fused-ring (bicyclic) bond motifs is 10. The lowest BCUT2D eigenvalue weighted by molar-refractivity contribution is -0.140. The summed E-state index contributed by atoms with van der Waals surface area (Å²) in [6.45, 7) is 40.8. The molecule has 1 aliphatic heterocycles. The lowest BCUT2D eigenvalue weighted by Gasteiger charge is -2.45. The molecule has 0 aromatic rings. The van der Waals surface area contributed by atoms with E-state index in [9.17, 15) is 54.6 Å². The number of Topliss-reactive ketones (excluding diaryl/α,β-unsaturated/α-hetero) is 2. The number of hydrogen-bond donors (Lipinski definition) is 6. The van der Waals surface area contributed by atoms with Gasteiger partial charge in [-0.15, -0.1) is 0 Å². The molecule has 0 amide bonds. The Morgan fingerprint density at radius 3 is 1.18 bits per heavy atom. The lowest BCUT2D eigenvalue weighted by atomic mass is 9.62. The normalized spacial score (nSPS) is 45.9. The summed E-state index contributed by atoms with van der Waals surface area (Å²) in [7, 11) is 0. The van der Waals surface area contributed by atoms with E-state index in [4.69, 9.17) is 14.2 Å². The molecule has 19 fully saturated rings. The average molecular weight is 2220 g/mol. The van der Waals surface area contributed by atoms with Crippen LogP contribution in [0.3, 0.4) is 0 Å². The highest BCUT2D eigenvalue weighted by Gasteiger charge is 2.71. The number of ketones is 2. The monoisotopic (exact) mass is 2210 g/mol. The van der Waals surface area contributed by atoms with Crippen molar-refractivity contribution in [2.75, 3.05) is 6.61 Å². The van der Waals surface area contributed by atoms with Crippen molar-refractivity contribution in [3.05, 3.63) is 64.4 Å². The number of epoxide rings is 1. The van der Waals surface area contributed by atoms with Crippen LogP contribution in [-0.4, -0.2) is 122 Å². The SMILES string of the molecule is C/C=C1/CCC2/C(=C/Br)CCC[C@]12C.CC(=O)[C@H]1CCC2/C(=C/Br)CCC[C@@]21C.C[C@@H](O)[C@H]1CCC2/C(=C/Br)CCC[C@@]21C.C[C@@H]1O[C@@]12CCC1/C(=C/Br)CCC[C@@]12C.C[C@H](C=O)[C@H]1CCC2[C@@H](O)CCC[C@@]21C.C[C@H](CO)[C@H]1CCC2[C@@H](O)CCC[C@@]21C.C[C@H](O)[C@H]1CCC2/C(=C/Br)CCC[C@@]21C.C[C@H](OC=O)[C@H]1CCC2C(=O)CCC[C@@]21C.C[C@H](OC=O)[C@H]1CCC2[C@@H](O)CCC[C@@]21C. The Morgan fingerprint density at radius 1 is 0.404 bits per heavy atom. The van der Waals surface area contributed by atoms with Crippen LogP contribution in [-0.2, 0) is 38.2 Å². The zero-order chi connectivity index (χ0) is 99.6. The first-order valence-electron chi connectivity index (χ1n) is 55.0. The van der Waals surface area contributed by atoms with Gasteiger partial charge in [0.1, 0.15) is 35.7 Å². The molecule has 1 spiro atoms. The van der Waals surface area contributed by atoms with Crippen LogP contribution in [0.5, 0.6) is 0 Å². The molecule has 19 heteroatoms. The Balaban J connectivity index is 0.000000147. The van der Waals surface area contributed by atoms with Crippen molar-refractivity contribution in [3.63, 3.8) is 0 Å². The quantitative estimate of drug-likeness (QED) is 0.0572. The van der Waals surface area contributed by atoms with Crippen molar-refractivity contribution >= 4 is 110 Å². The maximum atomic E-state index is 11.9. The van der Waals surface area contributed by atoms with E-state index in [0.29, 0.717) is 147 Å². The first kappa shape index (κ1) is 115. The molecule has 1 saturated heterocycles. The van der Waals surface area contributed by atoms with E-state index in [2.05, 4.69) is 194 Å². The van der Waals surface area contributed by atoms with Crippen LogP contribution in [0, 0.1) is 155 Å².